The summed E-state index contributed by atoms with van der Waals surface area (Å²) in [6, 6.07) is 2.56. The molecule has 1 aromatic heterocycles. The summed E-state index contributed by atoms with van der Waals surface area (Å²) in [5.74, 6) is -5.22. The van der Waals surface area contributed by atoms with Crippen LogP contribution in [0.3, 0.4) is 0 Å². The predicted octanol–water partition coefficient (Wildman–Crippen LogP) is 0.694. The highest BCUT2D eigenvalue weighted by atomic mass is 19.1. The van der Waals surface area contributed by atoms with Crippen LogP contribution in [0.4, 0.5) is 4.39 Å². The molecule has 1 heterocycles. The van der Waals surface area contributed by atoms with Crippen LogP contribution in [0.1, 0.15) is 11.7 Å². The highest BCUT2D eigenvalue weighted by Crippen LogP contribution is 2.35. The second-order valence-electron chi connectivity index (χ2n) is 3.78. The minimum absolute atomic E-state index is 0.236. The average molecular weight is 289 g/mol. The number of carbonyl (C=O) groups is 2. The van der Waals surface area contributed by atoms with Gasteiger partial charge < -0.3 is 13.9 Å². The Balaban J connectivity index is 3.34. The molecule has 0 saturated heterocycles. The number of hydrogen-bond acceptors (Lipinski definition) is 7. The highest BCUT2D eigenvalue weighted by Gasteiger charge is 2.59. The normalized spacial score (nSPS) is 12.6. The summed E-state index contributed by atoms with van der Waals surface area (Å²) < 4.78 is 28.2. The fourth-order valence-corrected chi connectivity index (χ4v) is 1.72. The van der Waals surface area contributed by atoms with Crippen molar-refractivity contribution in [3.8, 4) is 0 Å². The topological polar surface area (TPSA) is 109 Å². The molecule has 0 bridgehead atoms. The zero-order chi connectivity index (χ0) is 15.3. The van der Waals surface area contributed by atoms with Gasteiger partial charge in [-0.05, 0) is 12.1 Å². The minimum atomic E-state index is -3.37. The number of alkyl halides is 1. The van der Waals surface area contributed by atoms with Gasteiger partial charge in [-0.3, -0.25) is 10.1 Å². The molecule has 1 atom stereocenters. The number of methoxy groups -OCH3 is 2. The van der Waals surface area contributed by atoms with E-state index >= 15 is 0 Å². The van der Waals surface area contributed by atoms with Crippen molar-refractivity contribution in [3.63, 3.8) is 0 Å². The third-order valence-corrected chi connectivity index (χ3v) is 2.66. The van der Waals surface area contributed by atoms with Crippen molar-refractivity contribution in [2.75, 3.05) is 20.8 Å². The van der Waals surface area contributed by atoms with Crippen LogP contribution in [0.15, 0.2) is 22.8 Å². The molecule has 8 nitrogen and oxygen atoms in total. The first-order valence-electron chi connectivity index (χ1n) is 5.38. The summed E-state index contributed by atoms with van der Waals surface area (Å²) in [5, 5.41) is 10.7. The predicted molar refractivity (Wildman–Crippen MR) is 61.2 cm³/mol. The maximum absolute atomic E-state index is 14.9. The quantitative estimate of drug-likeness (QED) is 0.328. The Labute approximate surface area is 112 Å². The van der Waals surface area contributed by atoms with Crippen LogP contribution < -0.4 is 0 Å². The van der Waals surface area contributed by atoms with E-state index < -0.39 is 35.0 Å². The summed E-state index contributed by atoms with van der Waals surface area (Å²) in [5.41, 5.74) is -3.37. The molecule has 0 radical (unpaired) electrons. The number of ether oxygens (including phenoxy) is 2. The summed E-state index contributed by atoms with van der Waals surface area (Å²) in [4.78, 5) is 33.0. The van der Waals surface area contributed by atoms with E-state index in [1.54, 1.807) is 0 Å². The molecule has 110 valence electrons. The minimum Gasteiger partial charge on any atom is -0.469 e. The van der Waals surface area contributed by atoms with Crippen molar-refractivity contribution in [2.45, 2.75) is 11.6 Å². The van der Waals surface area contributed by atoms with E-state index in [-0.39, 0.29) is 5.76 Å². The van der Waals surface area contributed by atoms with Crippen molar-refractivity contribution in [2.24, 2.45) is 0 Å². The van der Waals surface area contributed by atoms with E-state index in [1.165, 1.54) is 12.1 Å². The summed E-state index contributed by atoms with van der Waals surface area (Å²) in [6.07, 6.45) is 1.14. The Kier molecular flexibility index (Phi) is 4.78. The van der Waals surface area contributed by atoms with Gasteiger partial charge in [0.05, 0.1) is 20.5 Å². The molecule has 0 N–H and O–H groups in total. The van der Waals surface area contributed by atoms with Crippen LogP contribution in [0.25, 0.3) is 0 Å². The highest BCUT2D eigenvalue weighted by molar-refractivity contribution is 6.04. The lowest BCUT2D eigenvalue weighted by Crippen LogP contribution is -2.51. The van der Waals surface area contributed by atoms with E-state index in [0.29, 0.717) is 0 Å². The Morgan fingerprint density at radius 2 is 2.00 bits per heavy atom. The number of nitro groups is 1. The molecule has 0 saturated carbocycles. The molecule has 0 fully saturated rings. The maximum atomic E-state index is 14.9. The number of carbonyl (C=O) groups excluding carboxylic acids is 2. The van der Waals surface area contributed by atoms with Crippen molar-refractivity contribution >= 4 is 11.9 Å². The number of halogens is 1. The molecular weight excluding hydrogens is 277 g/mol. The fourth-order valence-electron chi connectivity index (χ4n) is 1.72. The lowest BCUT2D eigenvalue weighted by atomic mass is 9.87. The van der Waals surface area contributed by atoms with Gasteiger partial charge in [-0.1, -0.05) is 0 Å². The third-order valence-electron chi connectivity index (χ3n) is 2.66. The van der Waals surface area contributed by atoms with Gasteiger partial charge in [0.1, 0.15) is 11.7 Å². The first kappa shape index (κ1) is 15.6. The number of esters is 2. The smallest absolute Gasteiger partial charge is 0.356 e. The van der Waals surface area contributed by atoms with E-state index in [2.05, 4.69) is 9.47 Å². The number of furan rings is 1. The van der Waals surface area contributed by atoms with Crippen LogP contribution in [0.2, 0.25) is 0 Å². The maximum Gasteiger partial charge on any atom is 0.356 e. The fraction of sp³-hybridized carbons (Fsp3) is 0.455. The van der Waals surface area contributed by atoms with Crippen LogP contribution in [0.5, 0.6) is 0 Å². The lowest BCUT2D eigenvalue weighted by Gasteiger charge is -2.24. The Hall–Kier alpha value is -2.45. The van der Waals surface area contributed by atoms with Gasteiger partial charge in [0.15, 0.2) is 0 Å². The molecule has 1 rings (SSSR count). The van der Waals surface area contributed by atoms with E-state index in [4.69, 9.17) is 4.42 Å². The average Bonchev–Trinajstić information content (AvgIpc) is 2.95. The monoisotopic (exact) mass is 289 g/mol. The first-order chi connectivity index (χ1) is 9.37. The van der Waals surface area contributed by atoms with Crippen LogP contribution >= 0.6 is 0 Å². The Morgan fingerprint density at radius 1 is 1.45 bits per heavy atom. The summed E-state index contributed by atoms with van der Waals surface area (Å²) >= 11 is 0. The standard InChI is InChI=1S/C11H12FNO7/c1-18-9(14)11(12,10(15)19-2)7(6-13(16)17)8-4-3-5-20-8/h3-5,7H,6H2,1-2H3/t7-/m0/s1. The molecular formula is C11H12FNO7. The molecule has 0 amide bonds. The zero-order valence-corrected chi connectivity index (χ0v) is 10.7. The van der Waals surface area contributed by atoms with Gasteiger partial charge in [-0.25, -0.2) is 14.0 Å². The van der Waals surface area contributed by atoms with E-state index in [1.807, 2.05) is 0 Å². The molecule has 0 aromatic carbocycles. The SMILES string of the molecule is COC(=O)C(F)(C(=O)OC)[C@@H](C[N+](=O)[O-])c1ccco1. The van der Waals surface area contributed by atoms with Gasteiger partial charge in [0.25, 0.3) is 0 Å². The molecule has 1 aromatic rings. The van der Waals surface area contributed by atoms with Crippen LogP contribution in [0, 0.1) is 10.1 Å². The zero-order valence-electron chi connectivity index (χ0n) is 10.7. The van der Waals surface area contributed by atoms with Crippen molar-refractivity contribution in [3.05, 3.63) is 34.3 Å². The molecule has 9 heteroatoms. The summed E-state index contributed by atoms with van der Waals surface area (Å²) in [6.45, 7) is -1.05. The van der Waals surface area contributed by atoms with Gasteiger partial charge in [0, 0.05) is 4.92 Å². The second-order valence-corrected chi connectivity index (χ2v) is 3.78. The molecule has 0 aliphatic rings. The van der Waals surface area contributed by atoms with Crippen molar-refractivity contribution in [1.29, 1.82) is 0 Å². The van der Waals surface area contributed by atoms with Crippen LogP contribution in [-0.4, -0.2) is 43.3 Å². The van der Waals surface area contributed by atoms with E-state index in [0.717, 1.165) is 20.5 Å². The molecule has 0 unspecified atom stereocenters. The number of rotatable bonds is 6. The van der Waals surface area contributed by atoms with Gasteiger partial charge in [-0.15, -0.1) is 0 Å². The molecule has 0 aliphatic heterocycles. The van der Waals surface area contributed by atoms with Crippen molar-refractivity contribution < 1.29 is 32.8 Å². The number of hydrogen-bond donors (Lipinski definition) is 0. The molecule has 20 heavy (non-hydrogen) atoms. The van der Waals surface area contributed by atoms with Gasteiger partial charge in [0.2, 0.25) is 6.54 Å². The largest absolute Gasteiger partial charge is 0.469 e. The Morgan fingerprint density at radius 3 is 2.35 bits per heavy atom. The van der Waals surface area contributed by atoms with Crippen molar-refractivity contribution in [1.82, 2.24) is 0 Å². The third kappa shape index (κ3) is 2.76. The Bertz CT molecular complexity index is 483. The van der Waals surface area contributed by atoms with Gasteiger partial charge in [-0.2, -0.15) is 0 Å². The first-order valence-corrected chi connectivity index (χ1v) is 5.38. The second kappa shape index (κ2) is 6.13. The molecule has 0 aliphatic carbocycles. The van der Waals surface area contributed by atoms with Crippen LogP contribution in [-0.2, 0) is 19.1 Å². The van der Waals surface area contributed by atoms with E-state index in [9.17, 15) is 24.1 Å². The lowest BCUT2D eigenvalue weighted by molar-refractivity contribution is -0.486. The summed E-state index contributed by atoms with van der Waals surface area (Å²) in [7, 11) is 1.70. The van der Waals surface area contributed by atoms with Gasteiger partial charge >= 0.3 is 17.6 Å². The number of nitrogens with zero attached hydrogens (tertiary/aromatic N) is 1. The molecule has 0 spiro atoms.